The fourth-order valence-corrected chi connectivity index (χ4v) is 2.28. The van der Waals surface area contributed by atoms with Crippen molar-refractivity contribution < 1.29 is 19.8 Å². The van der Waals surface area contributed by atoms with Crippen LogP contribution in [0.5, 0.6) is 5.75 Å². The highest BCUT2D eigenvalue weighted by atomic mass is 16.4. The molecule has 96 valence electrons. The Balaban J connectivity index is 2.14. The summed E-state index contributed by atoms with van der Waals surface area (Å²) in [7, 11) is 0. The van der Waals surface area contributed by atoms with E-state index in [9.17, 15) is 14.7 Å². The van der Waals surface area contributed by atoms with E-state index in [0.717, 1.165) is 0 Å². The van der Waals surface area contributed by atoms with Crippen LogP contribution in [0.1, 0.15) is 17.3 Å². The lowest BCUT2D eigenvalue weighted by Gasteiger charge is -2.15. The van der Waals surface area contributed by atoms with E-state index in [0.29, 0.717) is 12.1 Å². The molecule has 2 N–H and O–H groups in total. The van der Waals surface area contributed by atoms with Crippen LogP contribution in [0.4, 0.5) is 0 Å². The van der Waals surface area contributed by atoms with Crippen molar-refractivity contribution in [2.45, 2.75) is 6.92 Å². The van der Waals surface area contributed by atoms with Gasteiger partial charge in [-0.25, -0.2) is 0 Å². The summed E-state index contributed by atoms with van der Waals surface area (Å²) in [5, 5.41) is 18.4. The van der Waals surface area contributed by atoms with E-state index in [1.165, 1.54) is 17.0 Å². The van der Waals surface area contributed by atoms with Gasteiger partial charge in [0, 0.05) is 18.7 Å². The number of carbonyl (C=O) groups excluding carboxylic acids is 1. The van der Waals surface area contributed by atoms with Crippen LogP contribution >= 0.6 is 0 Å². The second kappa shape index (κ2) is 4.68. The van der Waals surface area contributed by atoms with Crippen molar-refractivity contribution in [2.24, 2.45) is 11.8 Å². The molecule has 0 bridgehead atoms. The minimum atomic E-state index is -0.867. The van der Waals surface area contributed by atoms with Gasteiger partial charge in [-0.2, -0.15) is 0 Å². The highest BCUT2D eigenvalue weighted by Crippen LogP contribution is 2.25. The molecular weight excluding hydrogens is 234 g/mol. The van der Waals surface area contributed by atoms with Crippen LogP contribution in [-0.2, 0) is 4.79 Å². The van der Waals surface area contributed by atoms with Crippen LogP contribution in [-0.4, -0.2) is 40.1 Å². The summed E-state index contributed by atoms with van der Waals surface area (Å²) in [6.07, 6.45) is 0. The van der Waals surface area contributed by atoms with Crippen LogP contribution in [0.3, 0.4) is 0 Å². The predicted octanol–water partition coefficient (Wildman–Crippen LogP) is 1.18. The van der Waals surface area contributed by atoms with Gasteiger partial charge in [0.1, 0.15) is 5.75 Å². The first-order valence-electron chi connectivity index (χ1n) is 5.80. The molecule has 1 aromatic carbocycles. The molecule has 5 nitrogen and oxygen atoms in total. The lowest BCUT2D eigenvalue weighted by atomic mass is 9.99. The summed E-state index contributed by atoms with van der Waals surface area (Å²) in [5.74, 6) is -1.63. The molecule has 1 aromatic rings. The number of carboxylic acids is 1. The zero-order valence-electron chi connectivity index (χ0n) is 10.0. The number of aliphatic carboxylic acids is 1. The third kappa shape index (κ3) is 2.30. The molecule has 1 aliphatic heterocycles. The molecule has 2 unspecified atom stereocenters. The molecule has 18 heavy (non-hydrogen) atoms. The van der Waals surface area contributed by atoms with Gasteiger partial charge >= 0.3 is 5.97 Å². The largest absolute Gasteiger partial charge is 0.508 e. The lowest BCUT2D eigenvalue weighted by Crippen LogP contribution is -2.29. The maximum atomic E-state index is 12.1. The highest BCUT2D eigenvalue weighted by molar-refractivity contribution is 5.95. The first kappa shape index (κ1) is 12.4. The molecule has 2 atom stereocenters. The van der Waals surface area contributed by atoms with Gasteiger partial charge in [-0.1, -0.05) is 13.0 Å². The Hall–Kier alpha value is -2.04. The Morgan fingerprint density at radius 1 is 1.33 bits per heavy atom. The van der Waals surface area contributed by atoms with Crippen LogP contribution < -0.4 is 0 Å². The first-order chi connectivity index (χ1) is 8.49. The van der Waals surface area contributed by atoms with Gasteiger partial charge in [-0.15, -0.1) is 0 Å². The van der Waals surface area contributed by atoms with E-state index in [1.807, 2.05) is 6.92 Å². The van der Waals surface area contributed by atoms with Crippen LogP contribution in [0.15, 0.2) is 24.3 Å². The number of phenols is 1. The molecule has 1 aliphatic rings. The molecule has 1 saturated heterocycles. The van der Waals surface area contributed by atoms with Crippen molar-refractivity contribution in [3.05, 3.63) is 29.8 Å². The van der Waals surface area contributed by atoms with Crippen molar-refractivity contribution >= 4 is 11.9 Å². The number of carboxylic acid groups (broad SMARTS) is 1. The number of likely N-dealkylation sites (tertiary alicyclic amines) is 1. The van der Waals surface area contributed by atoms with E-state index in [1.54, 1.807) is 12.1 Å². The summed E-state index contributed by atoms with van der Waals surface area (Å²) in [6.45, 7) is 2.49. The fourth-order valence-electron chi connectivity index (χ4n) is 2.28. The fraction of sp³-hybridized carbons (Fsp3) is 0.385. The Morgan fingerprint density at radius 2 is 2.06 bits per heavy atom. The zero-order valence-corrected chi connectivity index (χ0v) is 10.0. The zero-order chi connectivity index (χ0) is 13.3. The minimum Gasteiger partial charge on any atom is -0.508 e. The maximum Gasteiger partial charge on any atom is 0.308 e. The summed E-state index contributed by atoms with van der Waals surface area (Å²) >= 11 is 0. The number of hydrogen-bond donors (Lipinski definition) is 2. The molecule has 0 radical (unpaired) electrons. The Bertz CT molecular complexity index is 486. The van der Waals surface area contributed by atoms with Gasteiger partial charge in [-0.3, -0.25) is 9.59 Å². The molecule has 0 aromatic heterocycles. The van der Waals surface area contributed by atoms with Gasteiger partial charge in [0.05, 0.1) is 5.92 Å². The second-order valence-electron chi connectivity index (χ2n) is 4.68. The molecule has 1 amide bonds. The minimum absolute atomic E-state index is 0.0304. The number of hydrogen-bond acceptors (Lipinski definition) is 3. The van der Waals surface area contributed by atoms with Gasteiger partial charge in [0.15, 0.2) is 0 Å². The van der Waals surface area contributed by atoms with Crippen molar-refractivity contribution in [1.29, 1.82) is 0 Å². The van der Waals surface area contributed by atoms with Crippen molar-refractivity contribution in [3.8, 4) is 5.75 Å². The smallest absolute Gasteiger partial charge is 0.308 e. The number of phenolic OH excluding ortho intramolecular Hbond substituents is 1. The van der Waals surface area contributed by atoms with E-state index in [4.69, 9.17) is 5.11 Å². The molecule has 2 rings (SSSR count). The van der Waals surface area contributed by atoms with Crippen molar-refractivity contribution in [1.82, 2.24) is 4.90 Å². The van der Waals surface area contributed by atoms with Crippen LogP contribution in [0.2, 0.25) is 0 Å². The second-order valence-corrected chi connectivity index (χ2v) is 4.68. The number of nitrogens with zero attached hydrogens (tertiary/aromatic N) is 1. The highest BCUT2D eigenvalue weighted by Gasteiger charge is 2.37. The summed E-state index contributed by atoms with van der Waals surface area (Å²) in [6, 6.07) is 6.09. The molecule has 0 saturated carbocycles. The number of rotatable bonds is 2. The van der Waals surface area contributed by atoms with Crippen molar-refractivity contribution in [2.75, 3.05) is 13.1 Å². The number of benzene rings is 1. The third-order valence-electron chi connectivity index (χ3n) is 3.31. The van der Waals surface area contributed by atoms with Gasteiger partial charge in [0.2, 0.25) is 0 Å². The Morgan fingerprint density at radius 3 is 2.61 bits per heavy atom. The number of amides is 1. The topological polar surface area (TPSA) is 77.8 Å². The number of carbonyl (C=O) groups is 2. The molecule has 1 fully saturated rings. The quantitative estimate of drug-likeness (QED) is 0.825. The average Bonchev–Trinajstić information content (AvgIpc) is 2.70. The molecule has 0 spiro atoms. The van der Waals surface area contributed by atoms with Crippen LogP contribution in [0, 0.1) is 11.8 Å². The normalized spacial score (nSPS) is 23.1. The third-order valence-corrected chi connectivity index (χ3v) is 3.31. The van der Waals surface area contributed by atoms with Crippen LogP contribution in [0.25, 0.3) is 0 Å². The molecule has 1 heterocycles. The summed E-state index contributed by atoms with van der Waals surface area (Å²) < 4.78 is 0. The molecule has 5 heteroatoms. The number of aromatic hydroxyl groups is 1. The van der Waals surface area contributed by atoms with Gasteiger partial charge in [-0.05, 0) is 24.1 Å². The van der Waals surface area contributed by atoms with Gasteiger partial charge < -0.3 is 15.1 Å². The van der Waals surface area contributed by atoms with E-state index < -0.39 is 11.9 Å². The summed E-state index contributed by atoms with van der Waals surface area (Å²) in [5.41, 5.74) is 0.383. The summed E-state index contributed by atoms with van der Waals surface area (Å²) in [4.78, 5) is 24.7. The molecule has 0 aliphatic carbocycles. The Labute approximate surface area is 105 Å². The monoisotopic (exact) mass is 249 g/mol. The SMILES string of the molecule is CC1CN(C(=O)c2cccc(O)c2)CC1C(=O)O. The first-order valence-corrected chi connectivity index (χ1v) is 5.80. The lowest BCUT2D eigenvalue weighted by molar-refractivity contribution is -0.142. The standard InChI is InChI=1S/C13H15NO4/c1-8-6-14(7-11(8)13(17)18)12(16)9-3-2-4-10(15)5-9/h2-5,8,11,15H,6-7H2,1H3,(H,17,18). The Kier molecular flexibility index (Phi) is 3.23. The average molecular weight is 249 g/mol. The predicted molar refractivity (Wildman–Crippen MR) is 64.3 cm³/mol. The molecular formula is C13H15NO4. The van der Waals surface area contributed by atoms with E-state index in [2.05, 4.69) is 0 Å². The van der Waals surface area contributed by atoms with E-state index in [-0.39, 0.29) is 24.1 Å². The van der Waals surface area contributed by atoms with Crippen molar-refractivity contribution in [3.63, 3.8) is 0 Å². The van der Waals surface area contributed by atoms with E-state index >= 15 is 0 Å². The maximum absolute atomic E-state index is 12.1. The van der Waals surface area contributed by atoms with Gasteiger partial charge in [0.25, 0.3) is 5.91 Å².